The molecule has 1 N–H and O–H groups in total. The Morgan fingerprint density at radius 2 is 2.10 bits per heavy atom. The minimum Gasteiger partial charge on any atom is -0.278 e. The van der Waals surface area contributed by atoms with Crippen molar-refractivity contribution in [2.24, 2.45) is 5.10 Å². The second-order valence-corrected chi connectivity index (χ2v) is 4.71. The zero-order valence-electron chi connectivity index (χ0n) is 11.3. The first-order chi connectivity index (χ1) is 10.1. The highest BCUT2D eigenvalue weighted by atomic mass is 32.2. The van der Waals surface area contributed by atoms with E-state index in [9.17, 15) is 10.1 Å². The van der Waals surface area contributed by atoms with Gasteiger partial charge in [0.1, 0.15) is 5.69 Å². The van der Waals surface area contributed by atoms with Gasteiger partial charge in [-0.05, 0) is 25.3 Å². The van der Waals surface area contributed by atoms with Crippen molar-refractivity contribution >= 4 is 28.8 Å². The Balaban J connectivity index is 2.10. The van der Waals surface area contributed by atoms with Gasteiger partial charge < -0.3 is 0 Å². The van der Waals surface area contributed by atoms with Crippen molar-refractivity contribution in [3.63, 3.8) is 0 Å². The molecule has 108 valence electrons. The molecule has 0 aliphatic rings. The molecule has 2 rings (SSSR count). The molecule has 1 aromatic carbocycles. The average molecular weight is 304 g/mol. The number of hydrazone groups is 1. The summed E-state index contributed by atoms with van der Waals surface area (Å²) in [6.45, 7) is 1.78. The SMILES string of the molecule is CSc1nncc(/C(C)=N\Nc2ccc([N+](=O)[O-])cc2)n1. The summed E-state index contributed by atoms with van der Waals surface area (Å²) in [4.78, 5) is 14.4. The molecule has 0 saturated heterocycles. The molecule has 0 saturated carbocycles. The first-order valence-corrected chi connectivity index (χ1v) is 7.11. The van der Waals surface area contributed by atoms with Crippen LogP contribution in [0, 0.1) is 10.1 Å². The highest BCUT2D eigenvalue weighted by Crippen LogP contribution is 2.15. The number of hydrogen-bond donors (Lipinski definition) is 1. The highest BCUT2D eigenvalue weighted by molar-refractivity contribution is 7.98. The molecular weight excluding hydrogens is 292 g/mol. The normalized spacial score (nSPS) is 11.2. The number of nitrogens with one attached hydrogen (secondary N) is 1. The Morgan fingerprint density at radius 1 is 1.38 bits per heavy atom. The second-order valence-electron chi connectivity index (χ2n) is 3.94. The lowest BCUT2D eigenvalue weighted by Crippen LogP contribution is -2.05. The fourth-order valence-electron chi connectivity index (χ4n) is 1.41. The van der Waals surface area contributed by atoms with Crippen molar-refractivity contribution in [1.82, 2.24) is 15.2 Å². The molecule has 2 aromatic rings. The van der Waals surface area contributed by atoms with Gasteiger partial charge in [0.2, 0.25) is 5.16 Å². The molecular formula is C12H12N6O2S. The predicted molar refractivity (Wildman–Crippen MR) is 80.5 cm³/mol. The zero-order chi connectivity index (χ0) is 15.2. The molecule has 8 nitrogen and oxygen atoms in total. The van der Waals surface area contributed by atoms with Crippen LogP contribution in [0.25, 0.3) is 0 Å². The molecule has 0 unspecified atom stereocenters. The monoisotopic (exact) mass is 304 g/mol. The van der Waals surface area contributed by atoms with Crippen LogP contribution in [0.4, 0.5) is 11.4 Å². The molecule has 0 aliphatic carbocycles. The van der Waals surface area contributed by atoms with E-state index in [1.54, 1.807) is 19.1 Å². The molecule has 9 heteroatoms. The van der Waals surface area contributed by atoms with Gasteiger partial charge in [-0.25, -0.2) is 4.98 Å². The van der Waals surface area contributed by atoms with Crippen LogP contribution in [0.15, 0.2) is 40.7 Å². The van der Waals surface area contributed by atoms with Gasteiger partial charge in [0.25, 0.3) is 5.69 Å². The van der Waals surface area contributed by atoms with E-state index in [-0.39, 0.29) is 5.69 Å². The topological polar surface area (TPSA) is 106 Å². The van der Waals surface area contributed by atoms with E-state index in [2.05, 4.69) is 25.7 Å². The van der Waals surface area contributed by atoms with Crippen LogP contribution >= 0.6 is 11.8 Å². The third-order valence-corrected chi connectivity index (χ3v) is 3.06. The summed E-state index contributed by atoms with van der Waals surface area (Å²) in [5, 5.41) is 23.0. The molecule has 1 heterocycles. The van der Waals surface area contributed by atoms with Gasteiger partial charge >= 0.3 is 0 Å². The number of aromatic nitrogens is 3. The van der Waals surface area contributed by atoms with Gasteiger partial charge in [0.05, 0.1) is 22.5 Å². The summed E-state index contributed by atoms with van der Waals surface area (Å²) < 4.78 is 0. The van der Waals surface area contributed by atoms with E-state index < -0.39 is 4.92 Å². The van der Waals surface area contributed by atoms with Gasteiger partial charge in [-0.15, -0.1) is 5.10 Å². The lowest BCUT2D eigenvalue weighted by atomic mass is 10.3. The lowest BCUT2D eigenvalue weighted by Gasteiger charge is -2.03. The Hall–Kier alpha value is -2.55. The summed E-state index contributed by atoms with van der Waals surface area (Å²) in [7, 11) is 0. The van der Waals surface area contributed by atoms with E-state index >= 15 is 0 Å². The van der Waals surface area contributed by atoms with Crippen molar-refractivity contribution in [3.8, 4) is 0 Å². The minimum absolute atomic E-state index is 0.0332. The van der Waals surface area contributed by atoms with Crippen molar-refractivity contribution in [2.75, 3.05) is 11.7 Å². The maximum Gasteiger partial charge on any atom is 0.269 e. The Morgan fingerprint density at radius 3 is 2.71 bits per heavy atom. The number of hydrogen-bond acceptors (Lipinski definition) is 8. The number of benzene rings is 1. The maximum absolute atomic E-state index is 10.6. The van der Waals surface area contributed by atoms with E-state index in [0.717, 1.165) is 0 Å². The summed E-state index contributed by atoms with van der Waals surface area (Å²) in [5.41, 5.74) is 4.75. The minimum atomic E-state index is -0.450. The lowest BCUT2D eigenvalue weighted by molar-refractivity contribution is -0.384. The van der Waals surface area contributed by atoms with Crippen LogP contribution in [-0.2, 0) is 0 Å². The van der Waals surface area contributed by atoms with Crippen molar-refractivity contribution in [2.45, 2.75) is 12.1 Å². The molecule has 0 atom stereocenters. The zero-order valence-corrected chi connectivity index (χ0v) is 12.2. The van der Waals surface area contributed by atoms with Gasteiger partial charge in [0, 0.05) is 12.1 Å². The first kappa shape index (κ1) is 14.9. The quantitative estimate of drug-likeness (QED) is 0.391. The van der Waals surface area contributed by atoms with Gasteiger partial charge in [-0.3, -0.25) is 15.5 Å². The smallest absolute Gasteiger partial charge is 0.269 e. The number of nitrogens with zero attached hydrogens (tertiary/aromatic N) is 5. The van der Waals surface area contributed by atoms with Gasteiger partial charge in [-0.1, -0.05) is 11.8 Å². The fourth-order valence-corrected chi connectivity index (χ4v) is 1.73. The van der Waals surface area contributed by atoms with E-state index in [0.29, 0.717) is 22.2 Å². The number of rotatable bonds is 5. The third kappa shape index (κ3) is 3.96. The van der Waals surface area contributed by atoms with Crippen molar-refractivity contribution in [1.29, 1.82) is 0 Å². The van der Waals surface area contributed by atoms with Gasteiger partial charge in [0.15, 0.2) is 0 Å². The number of nitro benzene ring substituents is 1. The third-order valence-electron chi connectivity index (χ3n) is 2.52. The number of thioether (sulfide) groups is 1. The summed E-state index contributed by atoms with van der Waals surface area (Å²) in [6.07, 6.45) is 3.39. The van der Waals surface area contributed by atoms with Crippen LogP contribution in [0.2, 0.25) is 0 Å². The average Bonchev–Trinajstić information content (AvgIpc) is 2.53. The molecule has 0 bridgehead atoms. The Bertz CT molecular complexity index is 674. The number of non-ortho nitro benzene ring substituents is 1. The predicted octanol–water partition coefficient (Wildman–Crippen LogP) is 2.34. The first-order valence-electron chi connectivity index (χ1n) is 5.89. The molecule has 1 aromatic heterocycles. The molecule has 0 amide bonds. The summed E-state index contributed by atoms with van der Waals surface area (Å²) >= 11 is 1.40. The van der Waals surface area contributed by atoms with E-state index in [4.69, 9.17) is 0 Å². The molecule has 0 spiro atoms. The second kappa shape index (κ2) is 6.75. The molecule has 0 radical (unpaired) electrons. The Kier molecular flexibility index (Phi) is 4.77. The van der Waals surface area contributed by atoms with E-state index in [1.807, 2.05) is 6.26 Å². The molecule has 0 fully saturated rings. The molecule has 21 heavy (non-hydrogen) atoms. The number of anilines is 1. The van der Waals surface area contributed by atoms with Crippen LogP contribution in [0.3, 0.4) is 0 Å². The highest BCUT2D eigenvalue weighted by Gasteiger charge is 2.05. The summed E-state index contributed by atoms with van der Waals surface area (Å²) in [6, 6.07) is 5.98. The van der Waals surface area contributed by atoms with Crippen LogP contribution in [0.1, 0.15) is 12.6 Å². The van der Waals surface area contributed by atoms with E-state index in [1.165, 1.54) is 30.1 Å². The maximum atomic E-state index is 10.6. The van der Waals surface area contributed by atoms with Gasteiger partial charge in [-0.2, -0.15) is 10.2 Å². The standard InChI is InChI=1S/C12H12N6O2S/c1-8(11-7-13-17-12(14-11)21-2)15-16-9-3-5-10(6-4-9)18(19)20/h3-7,16H,1-2H3/b15-8-. The Labute approximate surface area is 124 Å². The van der Waals surface area contributed by atoms with Crippen molar-refractivity contribution < 1.29 is 4.92 Å². The van der Waals surface area contributed by atoms with Crippen molar-refractivity contribution in [3.05, 3.63) is 46.3 Å². The fraction of sp³-hybridized carbons (Fsp3) is 0.167. The molecule has 0 aliphatic heterocycles. The number of nitro groups is 1. The van der Waals surface area contributed by atoms with Crippen LogP contribution in [-0.4, -0.2) is 32.1 Å². The van der Waals surface area contributed by atoms with Crippen LogP contribution in [0.5, 0.6) is 0 Å². The van der Waals surface area contributed by atoms with Crippen LogP contribution < -0.4 is 5.43 Å². The summed E-state index contributed by atoms with van der Waals surface area (Å²) in [5.74, 6) is 0. The largest absolute Gasteiger partial charge is 0.278 e.